The Morgan fingerprint density at radius 1 is 0.861 bits per heavy atom. The fraction of sp³-hybridized carbons (Fsp3) is 0.720. The molecule has 1 N–H and O–H groups in total. The number of rotatable bonds is 3. The van der Waals surface area contributed by atoms with Gasteiger partial charge in [0, 0.05) is 50.1 Å². The lowest BCUT2D eigenvalue weighted by molar-refractivity contribution is 0.184. The summed E-state index contributed by atoms with van der Waals surface area (Å²) in [6.45, 7) is 7.85. The van der Waals surface area contributed by atoms with Crippen LogP contribution in [0.3, 0.4) is 0 Å². The highest BCUT2D eigenvalue weighted by atomic mass is 32.2. The zero-order valence-corrected chi connectivity index (χ0v) is 22.9. The number of urea groups is 1. The lowest BCUT2D eigenvalue weighted by Gasteiger charge is -2.48. The van der Waals surface area contributed by atoms with Gasteiger partial charge < -0.3 is 20.0 Å². The van der Waals surface area contributed by atoms with E-state index in [9.17, 15) is 21.6 Å². The fourth-order valence-electron chi connectivity index (χ4n) is 6.41. The molecule has 5 aliphatic rings. The molecule has 2 bridgehead atoms. The van der Waals surface area contributed by atoms with Crippen LogP contribution >= 0.6 is 0 Å². The molecule has 11 heteroatoms. The Bertz CT molecular complexity index is 1170. The maximum Gasteiger partial charge on any atom is 0.317 e. The van der Waals surface area contributed by atoms with Crippen LogP contribution in [0.25, 0.3) is 0 Å². The minimum atomic E-state index is -2.96. The van der Waals surface area contributed by atoms with Gasteiger partial charge in [-0.15, -0.1) is 0 Å². The van der Waals surface area contributed by atoms with E-state index in [0.29, 0.717) is 44.9 Å². The number of piperidine rings is 1. The summed E-state index contributed by atoms with van der Waals surface area (Å²) in [6.07, 6.45) is 2.03. The van der Waals surface area contributed by atoms with E-state index in [-0.39, 0.29) is 46.5 Å². The number of nitrogens with one attached hydrogen (secondary N) is 1. The number of amides is 2. The average molecular weight is 539 g/mol. The van der Waals surface area contributed by atoms with Crippen LogP contribution in [0.15, 0.2) is 24.3 Å². The first-order valence-corrected chi connectivity index (χ1v) is 16.6. The number of carbonyl (C=O) groups is 1. The number of fused-ring (bicyclic) bond motifs is 4. The van der Waals surface area contributed by atoms with Crippen molar-refractivity contribution in [3.63, 3.8) is 0 Å². The van der Waals surface area contributed by atoms with Gasteiger partial charge in [0.2, 0.25) is 0 Å². The maximum atomic E-state index is 13.2. The SMILES string of the molecule is CC1(C)CC2CN(C(=O)NC3CCS(=O)(=O)CC3)CC1N(c1ccc(N3CCS(=O)(=O)CC3)cc1)C2. The predicted molar refractivity (Wildman–Crippen MR) is 142 cm³/mol. The van der Waals surface area contributed by atoms with Gasteiger partial charge in [0.05, 0.1) is 29.1 Å². The monoisotopic (exact) mass is 538 g/mol. The third kappa shape index (κ3) is 5.46. The Morgan fingerprint density at radius 3 is 2.08 bits per heavy atom. The molecule has 6 rings (SSSR count). The van der Waals surface area contributed by atoms with Crippen LogP contribution in [0.5, 0.6) is 0 Å². The summed E-state index contributed by atoms with van der Waals surface area (Å²) in [5.74, 6) is 1.05. The molecule has 0 radical (unpaired) electrons. The van der Waals surface area contributed by atoms with Crippen LogP contribution < -0.4 is 15.1 Å². The normalized spacial score (nSPS) is 29.6. The second kappa shape index (κ2) is 9.38. The van der Waals surface area contributed by atoms with Crippen molar-refractivity contribution >= 4 is 37.1 Å². The van der Waals surface area contributed by atoms with Gasteiger partial charge in [-0.2, -0.15) is 0 Å². The first-order valence-electron chi connectivity index (χ1n) is 13.0. The van der Waals surface area contributed by atoms with Gasteiger partial charge in [0.25, 0.3) is 0 Å². The summed E-state index contributed by atoms with van der Waals surface area (Å²) in [4.78, 5) is 19.7. The lowest BCUT2D eigenvalue weighted by atomic mass is 9.73. The van der Waals surface area contributed by atoms with Crippen LogP contribution in [0, 0.1) is 11.3 Å². The van der Waals surface area contributed by atoms with Crippen LogP contribution in [0.2, 0.25) is 0 Å². The highest BCUT2D eigenvalue weighted by Crippen LogP contribution is 2.43. The largest absolute Gasteiger partial charge is 0.369 e. The molecule has 36 heavy (non-hydrogen) atoms. The van der Waals surface area contributed by atoms with Crippen molar-refractivity contribution < 1.29 is 21.6 Å². The van der Waals surface area contributed by atoms with Crippen molar-refractivity contribution in [2.45, 2.75) is 45.2 Å². The van der Waals surface area contributed by atoms with Crippen molar-refractivity contribution in [3.8, 4) is 0 Å². The molecule has 5 heterocycles. The van der Waals surface area contributed by atoms with Crippen molar-refractivity contribution in [1.82, 2.24) is 10.2 Å². The minimum absolute atomic E-state index is 0.0385. The summed E-state index contributed by atoms with van der Waals surface area (Å²) in [5.41, 5.74) is 2.21. The van der Waals surface area contributed by atoms with E-state index < -0.39 is 19.7 Å². The quantitative estimate of drug-likeness (QED) is 0.625. The highest BCUT2D eigenvalue weighted by Gasteiger charge is 2.47. The molecule has 0 aliphatic carbocycles. The molecule has 9 nitrogen and oxygen atoms in total. The summed E-state index contributed by atoms with van der Waals surface area (Å²) < 4.78 is 47.0. The summed E-state index contributed by atoms with van der Waals surface area (Å²) in [6, 6.07) is 8.43. The molecule has 0 spiro atoms. The molecule has 5 fully saturated rings. The van der Waals surface area contributed by atoms with E-state index in [4.69, 9.17) is 0 Å². The molecular formula is C25H38N4O5S2. The van der Waals surface area contributed by atoms with Gasteiger partial charge in [0.1, 0.15) is 9.84 Å². The standard InChI is InChI=1S/C25H38N4O5S2/c1-25(2)15-19-16-28(24(30)26-20-7-11-35(31,32)12-8-20)18-23(25)29(17-19)22-5-3-21(4-6-22)27-9-13-36(33,34)14-10-27/h3-6,19-20,23H,7-18H2,1-2H3,(H,26,30). The number of hydrogen-bond acceptors (Lipinski definition) is 7. The van der Waals surface area contributed by atoms with E-state index in [0.717, 1.165) is 24.3 Å². The first kappa shape index (κ1) is 25.6. The maximum absolute atomic E-state index is 13.2. The van der Waals surface area contributed by atoms with Crippen molar-refractivity contribution in [3.05, 3.63) is 24.3 Å². The predicted octanol–water partition coefficient (Wildman–Crippen LogP) is 1.74. The third-order valence-corrected chi connectivity index (χ3v) is 11.8. The van der Waals surface area contributed by atoms with Crippen molar-refractivity contribution in [2.75, 3.05) is 65.5 Å². The molecule has 0 saturated carbocycles. The summed E-state index contributed by atoms with van der Waals surface area (Å²) in [5, 5.41) is 3.11. The molecule has 0 aromatic heterocycles. The van der Waals surface area contributed by atoms with E-state index >= 15 is 0 Å². The van der Waals surface area contributed by atoms with Gasteiger partial charge >= 0.3 is 6.03 Å². The van der Waals surface area contributed by atoms with Gasteiger partial charge in [-0.3, -0.25) is 0 Å². The molecule has 1 aromatic rings. The molecule has 5 aliphatic heterocycles. The Labute approximate surface area is 215 Å². The van der Waals surface area contributed by atoms with Crippen molar-refractivity contribution in [2.24, 2.45) is 11.3 Å². The topological polar surface area (TPSA) is 107 Å². The van der Waals surface area contributed by atoms with E-state index in [1.165, 1.54) is 0 Å². The Hall–Kier alpha value is -2.01. The smallest absolute Gasteiger partial charge is 0.317 e. The van der Waals surface area contributed by atoms with E-state index in [1.54, 1.807) is 0 Å². The Kier molecular flexibility index (Phi) is 6.68. The Balaban J connectivity index is 1.28. The Morgan fingerprint density at radius 2 is 1.44 bits per heavy atom. The number of sulfone groups is 2. The molecule has 2 amide bonds. The van der Waals surface area contributed by atoms with Crippen LogP contribution in [0.4, 0.5) is 16.2 Å². The summed E-state index contributed by atoms with van der Waals surface area (Å²) >= 11 is 0. The number of hydrogen-bond donors (Lipinski definition) is 1. The molecule has 200 valence electrons. The zero-order valence-electron chi connectivity index (χ0n) is 21.2. The van der Waals surface area contributed by atoms with Crippen LogP contribution in [-0.4, -0.2) is 95.6 Å². The zero-order chi connectivity index (χ0) is 25.7. The third-order valence-electron chi connectivity index (χ3n) is 8.48. The lowest BCUT2D eigenvalue weighted by Crippen LogP contribution is -2.55. The van der Waals surface area contributed by atoms with Gasteiger partial charge in [-0.1, -0.05) is 13.8 Å². The molecule has 2 unspecified atom stereocenters. The van der Waals surface area contributed by atoms with Crippen molar-refractivity contribution in [1.29, 1.82) is 0 Å². The molecular weight excluding hydrogens is 500 g/mol. The number of carbonyl (C=O) groups excluding carboxylic acids is 1. The van der Waals surface area contributed by atoms with Gasteiger partial charge in [-0.25, -0.2) is 21.6 Å². The first-order chi connectivity index (χ1) is 16.9. The minimum Gasteiger partial charge on any atom is -0.369 e. The number of anilines is 2. The van der Waals surface area contributed by atoms with Crippen LogP contribution in [0.1, 0.15) is 33.1 Å². The van der Waals surface area contributed by atoms with Gasteiger partial charge in [-0.05, 0) is 54.9 Å². The number of nitrogens with zero attached hydrogens (tertiary/aromatic N) is 3. The highest BCUT2D eigenvalue weighted by molar-refractivity contribution is 7.91. The second-order valence-corrected chi connectivity index (χ2v) is 16.3. The van der Waals surface area contributed by atoms with E-state index in [1.807, 2.05) is 4.90 Å². The van der Waals surface area contributed by atoms with Gasteiger partial charge in [0.15, 0.2) is 9.84 Å². The fourth-order valence-corrected chi connectivity index (χ4v) is 9.10. The molecule has 1 aromatic carbocycles. The second-order valence-electron chi connectivity index (χ2n) is 11.7. The average Bonchev–Trinajstić information content (AvgIpc) is 3.08. The molecule has 5 saturated heterocycles. The van der Waals surface area contributed by atoms with Crippen LogP contribution in [-0.2, 0) is 19.7 Å². The van der Waals surface area contributed by atoms with E-state index in [2.05, 4.69) is 53.2 Å². The molecule has 2 atom stereocenters. The number of benzene rings is 1. The summed E-state index contributed by atoms with van der Waals surface area (Å²) in [7, 11) is -5.87.